The first kappa shape index (κ1) is 23.4. The molecule has 0 radical (unpaired) electrons. The number of para-hydroxylation sites is 1. The summed E-state index contributed by atoms with van der Waals surface area (Å²) >= 11 is 0. The van der Waals surface area contributed by atoms with Gasteiger partial charge < -0.3 is 20.3 Å². The summed E-state index contributed by atoms with van der Waals surface area (Å²) in [6, 6.07) is 15.0. The predicted octanol–water partition coefficient (Wildman–Crippen LogP) is 5.28. The Morgan fingerprint density at radius 2 is 1.66 bits per heavy atom. The van der Waals surface area contributed by atoms with Crippen molar-refractivity contribution in [3.8, 4) is 12.3 Å². The largest absolute Gasteiger partial charge is 0.480 e. The molecule has 4 fully saturated rings. The number of carbonyl (C=O) groups excluding carboxylic acids is 1. The number of H-pyrrole nitrogens is 1. The monoisotopic (exact) mass is 507 g/mol. The number of carbonyl (C=O) groups is 2. The van der Waals surface area contributed by atoms with E-state index in [0.29, 0.717) is 0 Å². The van der Waals surface area contributed by atoms with Crippen LogP contribution in [0.5, 0.6) is 0 Å². The average Bonchev–Trinajstić information content (AvgIpc) is 3.27. The Morgan fingerprint density at radius 1 is 1.03 bits per heavy atom. The molecule has 1 aromatic heterocycles. The van der Waals surface area contributed by atoms with E-state index in [2.05, 4.69) is 28.4 Å². The van der Waals surface area contributed by atoms with Gasteiger partial charge in [-0.05, 0) is 98.4 Å². The molecular formula is C32H33N3O3. The van der Waals surface area contributed by atoms with Gasteiger partial charge in [0.2, 0.25) is 0 Å². The lowest BCUT2D eigenvalue weighted by Crippen LogP contribution is -2.59. The summed E-state index contributed by atoms with van der Waals surface area (Å²) in [5, 5.41) is 15.1. The van der Waals surface area contributed by atoms with Crippen molar-refractivity contribution in [1.29, 1.82) is 0 Å². The first-order valence-corrected chi connectivity index (χ1v) is 13.8. The standard InChI is InChI=1S/C32H33N3O3/c1-3-28(36)35-27(30(37)38)15-25-24-6-4-5-7-26(24)33-29(25)31(35,2)22-8-10-23(11-9-22)34-32-16-19-12-20(17-32)14-21(13-19)18-32/h1,4-11,19-21,27,33-34H,12-18H2,2H3,(H,37,38)/t19?,20?,21?,27-,31+,32?/m1/s1. The Kier molecular flexibility index (Phi) is 5.01. The molecule has 194 valence electrons. The van der Waals surface area contributed by atoms with Crippen LogP contribution < -0.4 is 5.32 Å². The fourth-order valence-corrected chi connectivity index (χ4v) is 8.89. The summed E-state index contributed by atoms with van der Waals surface area (Å²) in [6.07, 6.45) is 13.7. The molecule has 3 N–H and O–H groups in total. The van der Waals surface area contributed by atoms with Crippen LogP contribution in [0.25, 0.3) is 10.9 Å². The molecule has 0 spiro atoms. The van der Waals surface area contributed by atoms with Gasteiger partial charge in [0.25, 0.3) is 5.91 Å². The third kappa shape index (κ3) is 3.34. The van der Waals surface area contributed by atoms with Crippen LogP contribution in [0.2, 0.25) is 0 Å². The van der Waals surface area contributed by atoms with E-state index in [-0.39, 0.29) is 12.0 Å². The van der Waals surface area contributed by atoms with Gasteiger partial charge >= 0.3 is 5.97 Å². The van der Waals surface area contributed by atoms with E-state index in [0.717, 1.165) is 51.2 Å². The number of rotatable bonds is 4. The lowest BCUT2D eigenvalue weighted by Gasteiger charge is -2.57. The number of nitrogens with zero attached hydrogens (tertiary/aromatic N) is 1. The zero-order chi connectivity index (χ0) is 26.2. The van der Waals surface area contributed by atoms with Gasteiger partial charge in [0, 0.05) is 34.2 Å². The zero-order valence-corrected chi connectivity index (χ0v) is 21.7. The Balaban J connectivity index is 1.30. The number of fused-ring (bicyclic) bond motifs is 3. The number of amides is 1. The average molecular weight is 508 g/mol. The first-order valence-electron chi connectivity index (χ1n) is 13.8. The minimum Gasteiger partial charge on any atom is -0.480 e. The zero-order valence-electron chi connectivity index (χ0n) is 21.7. The van der Waals surface area contributed by atoms with Crippen molar-refractivity contribution >= 4 is 28.5 Å². The van der Waals surface area contributed by atoms with Crippen molar-refractivity contribution in [3.05, 3.63) is 65.4 Å². The van der Waals surface area contributed by atoms with Gasteiger partial charge in [-0.1, -0.05) is 30.3 Å². The van der Waals surface area contributed by atoms with Crippen LogP contribution in [0.4, 0.5) is 5.69 Å². The number of aromatic amines is 1. The number of benzene rings is 2. The van der Waals surface area contributed by atoms with Gasteiger partial charge in [0.15, 0.2) is 0 Å². The third-order valence-corrected chi connectivity index (χ3v) is 10.0. The van der Waals surface area contributed by atoms with E-state index < -0.39 is 23.5 Å². The van der Waals surface area contributed by atoms with Crippen molar-refractivity contribution in [2.75, 3.05) is 5.32 Å². The molecule has 0 saturated heterocycles. The molecule has 2 heterocycles. The van der Waals surface area contributed by atoms with Gasteiger partial charge in [-0.15, -0.1) is 6.42 Å². The number of carboxylic acids is 1. The van der Waals surface area contributed by atoms with Crippen LogP contribution in [-0.2, 0) is 21.5 Å². The number of hydrogen-bond acceptors (Lipinski definition) is 3. The van der Waals surface area contributed by atoms with Crippen molar-refractivity contribution in [2.45, 2.75) is 69.0 Å². The van der Waals surface area contributed by atoms with Gasteiger partial charge in [-0.3, -0.25) is 4.79 Å². The van der Waals surface area contributed by atoms with Crippen molar-refractivity contribution in [2.24, 2.45) is 17.8 Å². The first-order chi connectivity index (χ1) is 18.3. The summed E-state index contributed by atoms with van der Waals surface area (Å²) in [6.45, 7) is 1.91. The summed E-state index contributed by atoms with van der Waals surface area (Å²) in [7, 11) is 0. The maximum absolute atomic E-state index is 13.2. The van der Waals surface area contributed by atoms with Crippen LogP contribution >= 0.6 is 0 Å². The molecule has 5 aliphatic rings. The van der Waals surface area contributed by atoms with Gasteiger partial charge in [-0.2, -0.15) is 0 Å². The van der Waals surface area contributed by atoms with Crippen LogP contribution in [0.3, 0.4) is 0 Å². The maximum Gasteiger partial charge on any atom is 0.326 e. The highest BCUT2D eigenvalue weighted by Gasteiger charge is 2.52. The molecule has 1 aliphatic heterocycles. The van der Waals surface area contributed by atoms with Crippen molar-refractivity contribution < 1.29 is 14.7 Å². The fraction of sp³-hybridized carbons (Fsp3) is 0.438. The third-order valence-electron chi connectivity index (χ3n) is 10.0. The topological polar surface area (TPSA) is 85.4 Å². The van der Waals surface area contributed by atoms with E-state index in [9.17, 15) is 14.7 Å². The fourth-order valence-electron chi connectivity index (χ4n) is 8.89. The Bertz CT molecular complexity index is 1460. The summed E-state index contributed by atoms with van der Waals surface area (Å²) in [5.41, 5.74) is 3.69. The molecule has 0 unspecified atom stereocenters. The summed E-state index contributed by atoms with van der Waals surface area (Å²) in [4.78, 5) is 30.6. The summed E-state index contributed by atoms with van der Waals surface area (Å²) in [5.74, 6) is 3.08. The minimum absolute atomic E-state index is 0.190. The van der Waals surface area contributed by atoms with Crippen LogP contribution in [-0.4, -0.2) is 38.4 Å². The molecule has 4 bridgehead atoms. The Morgan fingerprint density at radius 3 is 2.26 bits per heavy atom. The molecule has 4 saturated carbocycles. The molecule has 3 aromatic rings. The number of aliphatic carboxylic acids is 1. The van der Waals surface area contributed by atoms with Gasteiger partial charge in [0.1, 0.15) is 11.6 Å². The number of carboxylic acid groups (broad SMARTS) is 1. The lowest BCUT2D eigenvalue weighted by molar-refractivity contribution is -0.153. The molecule has 4 aliphatic carbocycles. The predicted molar refractivity (Wildman–Crippen MR) is 147 cm³/mol. The molecule has 2 atom stereocenters. The normalized spacial score (nSPS) is 33.1. The highest BCUT2D eigenvalue weighted by molar-refractivity contribution is 5.98. The highest BCUT2D eigenvalue weighted by atomic mass is 16.4. The Labute approximate surface area is 222 Å². The molecule has 6 heteroatoms. The van der Waals surface area contributed by atoms with E-state index >= 15 is 0 Å². The number of nitrogens with one attached hydrogen (secondary N) is 2. The van der Waals surface area contributed by atoms with Gasteiger partial charge in [-0.25, -0.2) is 4.79 Å². The van der Waals surface area contributed by atoms with Gasteiger partial charge in [0.05, 0.1) is 0 Å². The van der Waals surface area contributed by atoms with E-state index in [4.69, 9.17) is 6.42 Å². The number of terminal acetylenes is 1. The molecule has 8 rings (SSSR count). The van der Waals surface area contributed by atoms with Crippen LogP contribution in [0.15, 0.2) is 48.5 Å². The quantitative estimate of drug-likeness (QED) is 0.419. The van der Waals surface area contributed by atoms with Crippen molar-refractivity contribution in [1.82, 2.24) is 9.88 Å². The summed E-state index contributed by atoms with van der Waals surface area (Å²) < 4.78 is 0. The SMILES string of the molecule is C#CC(=O)N1[C@@H](C(=O)O)Cc2c([nH]c3ccccc23)[C@]1(C)c1ccc(NC23CC4CC(CC(C4)C2)C3)cc1. The minimum atomic E-state index is -1.07. The maximum atomic E-state index is 13.2. The van der Waals surface area contributed by atoms with Crippen molar-refractivity contribution in [3.63, 3.8) is 0 Å². The van der Waals surface area contributed by atoms with Crippen LogP contribution in [0, 0.1) is 30.1 Å². The number of aromatic nitrogens is 1. The second kappa shape index (κ2) is 8.14. The molecule has 38 heavy (non-hydrogen) atoms. The molecular weight excluding hydrogens is 474 g/mol. The molecule has 6 nitrogen and oxygen atoms in total. The highest BCUT2D eigenvalue weighted by Crippen LogP contribution is 2.56. The van der Waals surface area contributed by atoms with E-state index in [1.54, 1.807) is 0 Å². The number of anilines is 1. The van der Waals surface area contributed by atoms with E-state index in [1.165, 1.54) is 43.4 Å². The smallest absolute Gasteiger partial charge is 0.326 e. The lowest BCUT2D eigenvalue weighted by atomic mass is 9.53. The van der Waals surface area contributed by atoms with Crippen LogP contribution in [0.1, 0.15) is 62.3 Å². The second-order valence-electron chi connectivity index (χ2n) is 12.4. The molecule has 1 amide bonds. The second-order valence-corrected chi connectivity index (χ2v) is 12.4. The number of hydrogen-bond donors (Lipinski definition) is 3. The van der Waals surface area contributed by atoms with E-state index in [1.807, 2.05) is 43.3 Å². The Hall–Kier alpha value is -3.72. The molecule has 2 aromatic carbocycles.